The summed E-state index contributed by atoms with van der Waals surface area (Å²) >= 11 is 0. The third-order valence-electron chi connectivity index (χ3n) is 2.35. The minimum atomic E-state index is -4.84. The van der Waals surface area contributed by atoms with E-state index < -0.39 is 32.3 Å². The highest BCUT2D eigenvalue weighted by Gasteiger charge is 2.26. The molecule has 17 heavy (non-hydrogen) atoms. The van der Waals surface area contributed by atoms with Gasteiger partial charge < -0.3 is 15.3 Å². The molecule has 2 aromatic rings. The maximum Gasteiger partial charge on any atom is 0.302 e. The maximum absolute atomic E-state index is 11.0. The molecule has 0 heterocycles. The normalized spacial score (nSPS) is 11.8. The van der Waals surface area contributed by atoms with Crippen molar-refractivity contribution in [3.8, 4) is 17.2 Å². The molecule has 0 aliphatic carbocycles. The second-order valence-electron chi connectivity index (χ2n) is 3.40. The Morgan fingerprint density at radius 3 is 1.76 bits per heavy atom. The highest BCUT2D eigenvalue weighted by atomic mass is 32.2. The Balaban J connectivity index is 3.08. The first-order valence-electron chi connectivity index (χ1n) is 4.47. The van der Waals surface area contributed by atoms with Crippen molar-refractivity contribution in [3.05, 3.63) is 24.3 Å². The zero-order valence-electron chi connectivity index (χ0n) is 8.32. The van der Waals surface area contributed by atoms with Crippen molar-refractivity contribution in [2.75, 3.05) is 0 Å². The third-order valence-corrected chi connectivity index (χ3v) is 3.25. The van der Waals surface area contributed by atoms with Crippen LogP contribution in [0.25, 0.3) is 10.8 Å². The highest BCUT2D eigenvalue weighted by molar-refractivity contribution is 7.86. The van der Waals surface area contributed by atoms with Gasteiger partial charge in [-0.1, -0.05) is 24.3 Å². The summed E-state index contributed by atoms with van der Waals surface area (Å²) in [6.07, 6.45) is 0. The Hall–Kier alpha value is -1.99. The smallest absolute Gasteiger partial charge is 0.302 e. The van der Waals surface area contributed by atoms with Crippen LogP contribution in [0.1, 0.15) is 0 Å². The first kappa shape index (κ1) is 11.5. The first-order chi connectivity index (χ1) is 7.84. The van der Waals surface area contributed by atoms with Gasteiger partial charge in [0.25, 0.3) is 0 Å². The number of aromatic hydroxyl groups is 3. The van der Waals surface area contributed by atoms with Crippen LogP contribution in [0.2, 0.25) is 0 Å². The van der Waals surface area contributed by atoms with Gasteiger partial charge in [-0.25, -0.2) is 0 Å². The molecule has 90 valence electrons. The van der Waals surface area contributed by atoms with Crippen molar-refractivity contribution in [1.82, 2.24) is 0 Å². The Labute approximate surface area is 96.1 Å². The van der Waals surface area contributed by atoms with E-state index in [9.17, 15) is 23.7 Å². The number of hydrogen-bond acceptors (Lipinski definition) is 5. The number of phenols is 3. The molecule has 4 N–H and O–H groups in total. The molecule has 0 aliphatic heterocycles. The molecule has 0 aliphatic rings. The topological polar surface area (TPSA) is 115 Å². The SMILES string of the molecule is O=S(=O)(O)c1c(O)c(O)c2ccccc2c1O. The molecule has 0 amide bonds. The molecule has 0 spiro atoms. The van der Waals surface area contributed by atoms with Crippen molar-refractivity contribution in [2.45, 2.75) is 4.90 Å². The van der Waals surface area contributed by atoms with Crippen LogP contribution in [0.15, 0.2) is 29.2 Å². The first-order valence-corrected chi connectivity index (χ1v) is 5.91. The van der Waals surface area contributed by atoms with E-state index in [1.165, 1.54) is 24.3 Å². The Morgan fingerprint density at radius 2 is 1.29 bits per heavy atom. The number of phenolic OH excluding ortho intramolecular Hbond substituents is 3. The van der Waals surface area contributed by atoms with Crippen LogP contribution in [0.5, 0.6) is 17.2 Å². The zero-order valence-corrected chi connectivity index (χ0v) is 9.14. The summed E-state index contributed by atoms with van der Waals surface area (Å²) < 4.78 is 30.9. The minimum Gasteiger partial charge on any atom is -0.506 e. The standard InChI is InChI=1S/C10H8O6S/c11-7-5-3-1-2-4-6(5)8(12)10(9(7)13)17(14,15)16/h1-4,11-13H,(H,14,15,16). The van der Waals surface area contributed by atoms with Gasteiger partial charge in [0.05, 0.1) is 0 Å². The number of rotatable bonds is 1. The second kappa shape index (κ2) is 3.51. The average Bonchev–Trinajstić information content (AvgIpc) is 2.24. The van der Waals surface area contributed by atoms with Gasteiger partial charge in [-0.2, -0.15) is 8.42 Å². The predicted octanol–water partition coefficient (Wildman–Crippen LogP) is 1.20. The van der Waals surface area contributed by atoms with E-state index in [-0.39, 0.29) is 10.8 Å². The minimum absolute atomic E-state index is 0.00965. The van der Waals surface area contributed by atoms with Crippen molar-refractivity contribution < 1.29 is 28.3 Å². The van der Waals surface area contributed by atoms with Gasteiger partial charge in [0.1, 0.15) is 5.75 Å². The number of fused-ring (bicyclic) bond motifs is 1. The number of benzene rings is 2. The molecule has 0 atom stereocenters. The summed E-state index contributed by atoms with van der Waals surface area (Å²) in [6, 6.07) is 5.77. The largest absolute Gasteiger partial charge is 0.506 e. The molecular formula is C10H8O6S. The fourth-order valence-electron chi connectivity index (χ4n) is 1.61. The monoisotopic (exact) mass is 256 g/mol. The van der Waals surface area contributed by atoms with E-state index >= 15 is 0 Å². The highest BCUT2D eigenvalue weighted by Crippen LogP contribution is 2.45. The van der Waals surface area contributed by atoms with Crippen LogP contribution in [-0.2, 0) is 10.1 Å². The molecule has 0 fully saturated rings. The van der Waals surface area contributed by atoms with Crippen LogP contribution in [-0.4, -0.2) is 28.3 Å². The van der Waals surface area contributed by atoms with Crippen LogP contribution in [0, 0.1) is 0 Å². The molecule has 7 heteroatoms. The van der Waals surface area contributed by atoms with E-state index in [1.54, 1.807) is 0 Å². The molecule has 0 aromatic heterocycles. The molecule has 6 nitrogen and oxygen atoms in total. The van der Waals surface area contributed by atoms with Gasteiger partial charge in [-0.3, -0.25) is 4.55 Å². The van der Waals surface area contributed by atoms with E-state index in [2.05, 4.69) is 0 Å². The Kier molecular flexibility index (Phi) is 2.37. The molecule has 0 unspecified atom stereocenters. The van der Waals surface area contributed by atoms with Gasteiger partial charge >= 0.3 is 10.1 Å². The van der Waals surface area contributed by atoms with E-state index in [4.69, 9.17) is 4.55 Å². The van der Waals surface area contributed by atoms with E-state index in [1.807, 2.05) is 0 Å². The summed E-state index contributed by atoms with van der Waals surface area (Å²) in [5, 5.41) is 28.8. The van der Waals surface area contributed by atoms with Crippen molar-refractivity contribution in [1.29, 1.82) is 0 Å². The zero-order chi connectivity index (χ0) is 12.8. The van der Waals surface area contributed by atoms with Gasteiger partial charge in [0.15, 0.2) is 16.4 Å². The molecule has 2 aromatic carbocycles. The lowest BCUT2D eigenvalue weighted by molar-refractivity contribution is 0.379. The lowest BCUT2D eigenvalue weighted by Gasteiger charge is -2.10. The van der Waals surface area contributed by atoms with Crippen LogP contribution < -0.4 is 0 Å². The maximum atomic E-state index is 11.0. The van der Waals surface area contributed by atoms with Crippen molar-refractivity contribution >= 4 is 20.9 Å². The Bertz CT molecular complexity index is 704. The lowest BCUT2D eigenvalue weighted by atomic mass is 10.1. The predicted molar refractivity (Wildman–Crippen MR) is 58.8 cm³/mol. The summed E-state index contributed by atoms with van der Waals surface area (Å²) in [5.74, 6) is -2.60. The fraction of sp³-hybridized carbons (Fsp3) is 0. The van der Waals surface area contributed by atoms with E-state index in [0.29, 0.717) is 0 Å². The van der Waals surface area contributed by atoms with Gasteiger partial charge in [0.2, 0.25) is 0 Å². The van der Waals surface area contributed by atoms with Gasteiger partial charge in [0, 0.05) is 10.8 Å². The third kappa shape index (κ3) is 1.65. The average molecular weight is 256 g/mol. The number of hydrogen-bond donors (Lipinski definition) is 4. The van der Waals surface area contributed by atoms with Gasteiger partial charge in [-0.05, 0) is 0 Å². The second-order valence-corrected chi connectivity index (χ2v) is 4.75. The molecule has 0 saturated heterocycles. The molecular weight excluding hydrogens is 248 g/mol. The van der Waals surface area contributed by atoms with Crippen LogP contribution in [0.3, 0.4) is 0 Å². The Morgan fingerprint density at radius 1 is 0.824 bits per heavy atom. The van der Waals surface area contributed by atoms with Gasteiger partial charge in [-0.15, -0.1) is 0 Å². The molecule has 2 rings (SSSR count). The quantitative estimate of drug-likeness (QED) is 0.346. The summed E-state index contributed by atoms with van der Waals surface area (Å²) in [4.78, 5) is -1.10. The summed E-state index contributed by atoms with van der Waals surface area (Å²) in [7, 11) is -4.84. The summed E-state index contributed by atoms with van der Waals surface area (Å²) in [5.41, 5.74) is 0. The molecule has 0 bridgehead atoms. The molecule has 0 radical (unpaired) electrons. The summed E-state index contributed by atoms with van der Waals surface area (Å²) in [6.45, 7) is 0. The van der Waals surface area contributed by atoms with Crippen LogP contribution in [0.4, 0.5) is 0 Å². The molecule has 0 saturated carbocycles. The van der Waals surface area contributed by atoms with Crippen molar-refractivity contribution in [3.63, 3.8) is 0 Å². The van der Waals surface area contributed by atoms with Crippen LogP contribution >= 0.6 is 0 Å². The fourth-order valence-corrected chi connectivity index (χ4v) is 2.31. The van der Waals surface area contributed by atoms with E-state index in [0.717, 1.165) is 0 Å². The lowest BCUT2D eigenvalue weighted by Crippen LogP contribution is -2.00. The van der Waals surface area contributed by atoms with Crippen molar-refractivity contribution in [2.24, 2.45) is 0 Å².